The predicted octanol–water partition coefficient (Wildman–Crippen LogP) is 2.21. The molecule has 1 N–H and O–H groups in total. The van der Waals surface area contributed by atoms with Crippen LogP contribution in [0.25, 0.3) is 0 Å². The minimum absolute atomic E-state index is 0.281. The molecular weight excluding hydrogens is 242 g/mol. The molecule has 0 atom stereocenters. The topological polar surface area (TPSA) is 75.0 Å². The number of hydrogen-bond acceptors (Lipinski definition) is 4. The summed E-state index contributed by atoms with van der Waals surface area (Å²) in [6.45, 7) is 0. The Bertz CT molecular complexity index is 630. The number of hydrogen-bond donors (Lipinski definition) is 1. The fourth-order valence-corrected chi connectivity index (χ4v) is 1.49. The molecule has 0 aliphatic rings. The van der Waals surface area contributed by atoms with Crippen LogP contribution in [-0.4, -0.2) is 18.0 Å². The third-order valence-corrected chi connectivity index (χ3v) is 2.47. The summed E-state index contributed by atoms with van der Waals surface area (Å²) in [7, 11) is 1.54. The third-order valence-electron chi connectivity index (χ3n) is 2.47. The smallest absolute Gasteiger partial charge is 0.256 e. The average molecular weight is 253 g/mol. The van der Waals surface area contributed by atoms with Gasteiger partial charge in [0.2, 0.25) is 0 Å². The van der Waals surface area contributed by atoms with Gasteiger partial charge >= 0.3 is 0 Å². The van der Waals surface area contributed by atoms with Crippen molar-refractivity contribution in [1.29, 1.82) is 5.26 Å². The molecule has 0 aliphatic carbocycles. The molecule has 0 bridgehead atoms. The van der Waals surface area contributed by atoms with Crippen molar-refractivity contribution < 1.29 is 9.53 Å². The minimum Gasteiger partial charge on any atom is -0.497 e. The van der Waals surface area contributed by atoms with Crippen molar-refractivity contribution in [3.05, 3.63) is 53.7 Å². The van der Waals surface area contributed by atoms with Gasteiger partial charge in [-0.25, -0.2) is 4.98 Å². The first-order chi connectivity index (χ1) is 9.22. The lowest BCUT2D eigenvalue weighted by Crippen LogP contribution is -2.12. The number of anilines is 1. The molecule has 1 amide bonds. The SMILES string of the molecule is COc1cccc(C(=O)Nc2ccc(C#N)cn2)c1. The number of carbonyl (C=O) groups is 1. The van der Waals surface area contributed by atoms with Crippen LogP contribution in [0.2, 0.25) is 0 Å². The quantitative estimate of drug-likeness (QED) is 0.910. The lowest BCUT2D eigenvalue weighted by molar-refractivity contribution is 0.102. The van der Waals surface area contributed by atoms with E-state index in [9.17, 15) is 4.79 Å². The Morgan fingerprint density at radius 1 is 1.37 bits per heavy atom. The normalized spacial score (nSPS) is 9.47. The minimum atomic E-state index is -0.281. The van der Waals surface area contributed by atoms with Crippen LogP contribution in [0, 0.1) is 11.3 Å². The molecule has 5 nitrogen and oxygen atoms in total. The molecule has 19 heavy (non-hydrogen) atoms. The van der Waals surface area contributed by atoms with Crippen molar-refractivity contribution in [3.63, 3.8) is 0 Å². The number of nitriles is 1. The molecule has 1 aromatic carbocycles. The van der Waals surface area contributed by atoms with E-state index in [0.717, 1.165) is 0 Å². The number of nitrogens with zero attached hydrogens (tertiary/aromatic N) is 2. The third kappa shape index (κ3) is 3.07. The summed E-state index contributed by atoms with van der Waals surface area (Å²) >= 11 is 0. The van der Waals surface area contributed by atoms with Gasteiger partial charge in [-0.1, -0.05) is 6.07 Å². The number of carbonyl (C=O) groups excluding carboxylic acids is 1. The van der Waals surface area contributed by atoms with Gasteiger partial charge < -0.3 is 10.1 Å². The number of benzene rings is 1. The monoisotopic (exact) mass is 253 g/mol. The zero-order valence-corrected chi connectivity index (χ0v) is 10.3. The van der Waals surface area contributed by atoms with Gasteiger partial charge in [-0.05, 0) is 30.3 Å². The van der Waals surface area contributed by atoms with Crippen LogP contribution in [0.3, 0.4) is 0 Å². The highest BCUT2D eigenvalue weighted by atomic mass is 16.5. The van der Waals surface area contributed by atoms with Crippen molar-refractivity contribution in [2.24, 2.45) is 0 Å². The largest absolute Gasteiger partial charge is 0.497 e. The van der Waals surface area contributed by atoms with Gasteiger partial charge in [0.05, 0.1) is 12.7 Å². The summed E-state index contributed by atoms with van der Waals surface area (Å²) in [4.78, 5) is 15.9. The number of rotatable bonds is 3. The second-order valence-corrected chi connectivity index (χ2v) is 3.73. The Kier molecular flexibility index (Phi) is 3.74. The van der Waals surface area contributed by atoms with E-state index in [1.54, 1.807) is 43.5 Å². The van der Waals surface area contributed by atoms with Crippen LogP contribution < -0.4 is 10.1 Å². The number of aromatic nitrogens is 1. The van der Waals surface area contributed by atoms with Gasteiger partial charge in [0, 0.05) is 11.8 Å². The van der Waals surface area contributed by atoms with Gasteiger partial charge in [0.15, 0.2) is 0 Å². The molecule has 0 aliphatic heterocycles. The van der Waals surface area contributed by atoms with Gasteiger partial charge in [-0.2, -0.15) is 5.26 Å². The first kappa shape index (κ1) is 12.6. The summed E-state index contributed by atoms with van der Waals surface area (Å²) in [6, 6.07) is 12.0. The van der Waals surface area contributed by atoms with E-state index in [1.807, 2.05) is 6.07 Å². The fourth-order valence-electron chi connectivity index (χ4n) is 1.49. The molecule has 94 valence electrons. The summed E-state index contributed by atoms with van der Waals surface area (Å²) < 4.78 is 5.05. The molecule has 0 saturated heterocycles. The first-order valence-corrected chi connectivity index (χ1v) is 5.54. The highest BCUT2D eigenvalue weighted by Crippen LogP contribution is 2.14. The van der Waals surface area contributed by atoms with E-state index < -0.39 is 0 Å². The predicted molar refractivity (Wildman–Crippen MR) is 69.9 cm³/mol. The number of methoxy groups -OCH3 is 1. The molecular formula is C14H11N3O2. The second-order valence-electron chi connectivity index (χ2n) is 3.73. The van der Waals surface area contributed by atoms with Gasteiger partial charge in [0.1, 0.15) is 17.6 Å². The second kappa shape index (κ2) is 5.65. The standard InChI is InChI=1S/C14H11N3O2/c1-19-12-4-2-3-11(7-12)14(18)17-13-6-5-10(8-15)9-16-13/h2-7,9H,1H3,(H,16,17,18). The van der Waals surface area contributed by atoms with Crippen molar-refractivity contribution in [3.8, 4) is 11.8 Å². The lowest BCUT2D eigenvalue weighted by Gasteiger charge is -2.05. The number of pyridine rings is 1. The fraction of sp³-hybridized carbons (Fsp3) is 0.0714. The van der Waals surface area contributed by atoms with Gasteiger partial charge in [-0.15, -0.1) is 0 Å². The van der Waals surface area contributed by atoms with E-state index in [1.165, 1.54) is 6.20 Å². The number of nitrogens with one attached hydrogen (secondary N) is 1. The Labute approximate surface area is 110 Å². The van der Waals surface area contributed by atoms with E-state index in [0.29, 0.717) is 22.7 Å². The van der Waals surface area contributed by atoms with Crippen molar-refractivity contribution >= 4 is 11.7 Å². The molecule has 0 unspecified atom stereocenters. The summed E-state index contributed by atoms with van der Waals surface area (Å²) in [5.74, 6) is 0.725. The Morgan fingerprint density at radius 3 is 2.84 bits per heavy atom. The Hall–Kier alpha value is -2.87. The van der Waals surface area contributed by atoms with E-state index in [2.05, 4.69) is 10.3 Å². The van der Waals surface area contributed by atoms with Crippen LogP contribution in [0.5, 0.6) is 5.75 Å². The highest BCUT2D eigenvalue weighted by molar-refractivity contribution is 6.03. The molecule has 1 aromatic heterocycles. The first-order valence-electron chi connectivity index (χ1n) is 5.54. The van der Waals surface area contributed by atoms with Crippen LogP contribution >= 0.6 is 0 Å². The summed E-state index contributed by atoms with van der Waals surface area (Å²) in [5, 5.41) is 11.3. The van der Waals surface area contributed by atoms with Crippen molar-refractivity contribution in [2.45, 2.75) is 0 Å². The van der Waals surface area contributed by atoms with Gasteiger partial charge in [0.25, 0.3) is 5.91 Å². The highest BCUT2D eigenvalue weighted by Gasteiger charge is 2.07. The maximum atomic E-state index is 12.0. The zero-order chi connectivity index (χ0) is 13.7. The Morgan fingerprint density at radius 2 is 2.21 bits per heavy atom. The lowest BCUT2D eigenvalue weighted by atomic mass is 10.2. The average Bonchev–Trinajstić information content (AvgIpc) is 2.48. The molecule has 0 spiro atoms. The molecule has 5 heteroatoms. The molecule has 2 rings (SSSR count). The van der Waals surface area contributed by atoms with Crippen LogP contribution in [0.1, 0.15) is 15.9 Å². The van der Waals surface area contributed by atoms with Crippen molar-refractivity contribution in [2.75, 3.05) is 12.4 Å². The van der Waals surface area contributed by atoms with Crippen molar-refractivity contribution in [1.82, 2.24) is 4.98 Å². The number of amides is 1. The molecule has 2 aromatic rings. The number of ether oxygens (including phenoxy) is 1. The van der Waals surface area contributed by atoms with E-state index in [4.69, 9.17) is 10.00 Å². The van der Waals surface area contributed by atoms with Gasteiger partial charge in [-0.3, -0.25) is 4.79 Å². The molecule has 0 fully saturated rings. The maximum absolute atomic E-state index is 12.0. The molecule has 0 saturated carbocycles. The summed E-state index contributed by atoms with van der Waals surface area (Å²) in [5.41, 5.74) is 0.921. The zero-order valence-electron chi connectivity index (χ0n) is 10.3. The molecule has 1 heterocycles. The van der Waals surface area contributed by atoms with E-state index in [-0.39, 0.29) is 5.91 Å². The molecule has 0 radical (unpaired) electrons. The summed E-state index contributed by atoms with van der Waals surface area (Å²) in [6.07, 6.45) is 1.40. The van der Waals surface area contributed by atoms with E-state index >= 15 is 0 Å². The maximum Gasteiger partial charge on any atom is 0.256 e. The van der Waals surface area contributed by atoms with Crippen LogP contribution in [-0.2, 0) is 0 Å². The van der Waals surface area contributed by atoms with Crippen LogP contribution in [0.15, 0.2) is 42.6 Å². The Balaban J connectivity index is 2.13. The van der Waals surface area contributed by atoms with Crippen LogP contribution in [0.4, 0.5) is 5.82 Å².